The van der Waals surface area contributed by atoms with Crippen LogP contribution >= 0.6 is 31.9 Å². The Labute approximate surface area is 245 Å². The summed E-state index contributed by atoms with van der Waals surface area (Å²) in [7, 11) is 0. The highest BCUT2D eigenvalue weighted by molar-refractivity contribution is 9.10. The van der Waals surface area contributed by atoms with Crippen LogP contribution in [-0.2, 0) is 38.1 Å². The number of hydrogen-bond acceptors (Lipinski definition) is 8. The number of ether oxygens (including phenoxy) is 4. The Hall–Kier alpha value is -1.16. The Kier molecular flexibility index (Phi) is 23.0. The molecule has 38 heavy (non-hydrogen) atoms. The highest BCUT2D eigenvalue weighted by Gasteiger charge is 2.32. The first-order valence-corrected chi connectivity index (χ1v) is 16.0. The van der Waals surface area contributed by atoms with Gasteiger partial charge in [0.15, 0.2) is 0 Å². The van der Waals surface area contributed by atoms with Crippen molar-refractivity contribution in [3.05, 3.63) is 0 Å². The lowest BCUT2D eigenvalue weighted by atomic mass is 9.90. The molecule has 0 fully saturated rings. The average molecular weight is 672 g/mol. The van der Waals surface area contributed by atoms with E-state index in [2.05, 4.69) is 31.9 Å². The summed E-state index contributed by atoms with van der Waals surface area (Å²) in [5.74, 6) is -2.89. The van der Waals surface area contributed by atoms with Crippen LogP contribution in [0.2, 0.25) is 0 Å². The molecule has 4 unspecified atom stereocenters. The van der Waals surface area contributed by atoms with E-state index in [1.807, 2.05) is 27.7 Å². The number of hydrogen-bond donors (Lipinski definition) is 0. The smallest absolute Gasteiger partial charge is 0.319 e. The van der Waals surface area contributed by atoms with Crippen molar-refractivity contribution in [1.29, 1.82) is 0 Å². The van der Waals surface area contributed by atoms with Gasteiger partial charge in [-0.15, -0.1) is 0 Å². The van der Waals surface area contributed by atoms with E-state index in [9.17, 15) is 19.2 Å². The van der Waals surface area contributed by atoms with E-state index in [-0.39, 0.29) is 12.8 Å². The number of halogens is 2. The Morgan fingerprint density at radius 3 is 1.03 bits per heavy atom. The summed E-state index contributed by atoms with van der Waals surface area (Å²) in [6.07, 6.45) is 7.57. The van der Waals surface area contributed by atoms with Gasteiger partial charge in [0.05, 0.1) is 38.3 Å². The second-order valence-electron chi connectivity index (χ2n) is 9.46. The first kappa shape index (κ1) is 36.8. The monoisotopic (exact) mass is 670 g/mol. The number of carbonyl (C=O) groups excluding carboxylic acids is 4. The lowest BCUT2D eigenvalue weighted by molar-refractivity contribution is -0.153. The minimum Gasteiger partial charge on any atom is -0.465 e. The minimum atomic E-state index is -0.671. The van der Waals surface area contributed by atoms with Gasteiger partial charge in [0.1, 0.15) is 9.65 Å². The third-order valence-corrected chi connectivity index (χ3v) is 7.49. The zero-order valence-corrected chi connectivity index (χ0v) is 26.8. The molecule has 0 aromatic heterocycles. The predicted molar refractivity (Wildman–Crippen MR) is 154 cm³/mol. The molecule has 0 saturated heterocycles. The van der Waals surface area contributed by atoms with Gasteiger partial charge in [-0.25, -0.2) is 0 Å². The van der Waals surface area contributed by atoms with Crippen LogP contribution in [-0.4, -0.2) is 60.0 Å². The second-order valence-corrected chi connectivity index (χ2v) is 11.7. The molecule has 0 amide bonds. The highest BCUT2D eigenvalue weighted by Crippen LogP contribution is 2.27. The molecule has 0 N–H and O–H groups in total. The molecule has 10 heteroatoms. The lowest BCUT2D eigenvalue weighted by Gasteiger charge is -2.22. The third kappa shape index (κ3) is 17.4. The molecule has 0 radical (unpaired) electrons. The molecule has 0 aliphatic carbocycles. The summed E-state index contributed by atoms with van der Waals surface area (Å²) in [4.78, 5) is 49.3. The van der Waals surface area contributed by atoms with Crippen LogP contribution in [0.5, 0.6) is 0 Å². The molecule has 0 aromatic rings. The SMILES string of the molecule is CCCCOC(=O)C(Br)CC(CCC(CC(Br)C(=O)OCCCC)C(=O)OCCCC)C(=O)OCCCC. The van der Waals surface area contributed by atoms with Crippen LogP contribution in [0, 0.1) is 11.8 Å². The number of esters is 4. The van der Waals surface area contributed by atoms with Crippen molar-refractivity contribution >= 4 is 55.7 Å². The molecule has 8 nitrogen and oxygen atoms in total. The van der Waals surface area contributed by atoms with Crippen molar-refractivity contribution in [1.82, 2.24) is 0 Å². The number of rotatable bonds is 23. The van der Waals surface area contributed by atoms with Crippen molar-refractivity contribution in [3.63, 3.8) is 0 Å². The maximum Gasteiger partial charge on any atom is 0.319 e. The van der Waals surface area contributed by atoms with E-state index in [1.54, 1.807) is 0 Å². The van der Waals surface area contributed by atoms with Gasteiger partial charge in [-0.2, -0.15) is 0 Å². The van der Waals surface area contributed by atoms with Gasteiger partial charge in [-0.05, 0) is 51.4 Å². The number of carbonyl (C=O) groups is 4. The van der Waals surface area contributed by atoms with Crippen molar-refractivity contribution in [3.8, 4) is 0 Å². The largest absolute Gasteiger partial charge is 0.465 e. The number of unbranched alkanes of at least 4 members (excludes halogenated alkanes) is 4. The van der Waals surface area contributed by atoms with E-state index in [4.69, 9.17) is 18.9 Å². The predicted octanol–water partition coefficient (Wildman–Crippen LogP) is 6.68. The summed E-state index contributed by atoms with van der Waals surface area (Å²) < 4.78 is 21.5. The van der Waals surface area contributed by atoms with Crippen molar-refractivity contribution in [2.75, 3.05) is 26.4 Å². The minimum absolute atomic E-state index is 0.185. The van der Waals surface area contributed by atoms with Crippen LogP contribution < -0.4 is 0 Å². The van der Waals surface area contributed by atoms with Crippen molar-refractivity contribution < 1.29 is 38.1 Å². The molecule has 0 saturated carbocycles. The molecule has 0 aliphatic heterocycles. The average Bonchev–Trinajstić information content (AvgIpc) is 2.90. The molecule has 0 bridgehead atoms. The topological polar surface area (TPSA) is 105 Å². The van der Waals surface area contributed by atoms with E-state index in [0.29, 0.717) is 39.3 Å². The van der Waals surface area contributed by atoms with E-state index < -0.39 is 45.4 Å². The fourth-order valence-electron chi connectivity index (χ4n) is 3.44. The molecular weight excluding hydrogens is 624 g/mol. The van der Waals surface area contributed by atoms with Gasteiger partial charge in [0, 0.05) is 0 Å². The first-order chi connectivity index (χ1) is 18.2. The lowest BCUT2D eigenvalue weighted by Crippen LogP contribution is -2.30. The standard InChI is InChI=1S/C28H48Br2O8/c1-5-9-15-35-25(31)21(19-23(29)27(33)37-17-11-7-3)13-14-22(26(32)36-16-10-6-2)20-24(30)28(34)38-18-12-8-4/h21-24H,5-20H2,1-4H3. The molecular formula is C28H48Br2O8. The van der Waals surface area contributed by atoms with Crippen LogP contribution in [0.4, 0.5) is 0 Å². The van der Waals surface area contributed by atoms with E-state index in [1.165, 1.54) is 0 Å². The Morgan fingerprint density at radius 1 is 0.500 bits per heavy atom. The highest BCUT2D eigenvalue weighted by atomic mass is 79.9. The van der Waals surface area contributed by atoms with E-state index in [0.717, 1.165) is 51.4 Å². The Balaban J connectivity index is 5.42. The van der Waals surface area contributed by atoms with Gasteiger partial charge in [0.25, 0.3) is 0 Å². The number of alkyl halides is 2. The van der Waals surface area contributed by atoms with Gasteiger partial charge in [0.2, 0.25) is 0 Å². The van der Waals surface area contributed by atoms with Crippen molar-refractivity contribution in [2.24, 2.45) is 11.8 Å². The summed E-state index contributed by atoms with van der Waals surface area (Å²) in [5.41, 5.74) is 0. The molecule has 0 aromatic carbocycles. The van der Waals surface area contributed by atoms with Crippen LogP contribution in [0.1, 0.15) is 105 Å². The third-order valence-electron chi connectivity index (χ3n) is 5.99. The molecule has 0 spiro atoms. The first-order valence-electron chi connectivity index (χ1n) is 14.2. The van der Waals surface area contributed by atoms with E-state index >= 15 is 0 Å². The fraction of sp³-hybridized carbons (Fsp3) is 0.857. The zero-order valence-electron chi connectivity index (χ0n) is 23.6. The fourth-order valence-corrected chi connectivity index (χ4v) is 4.61. The van der Waals surface area contributed by atoms with Crippen molar-refractivity contribution in [2.45, 2.75) is 114 Å². The van der Waals surface area contributed by atoms with Crippen LogP contribution in [0.15, 0.2) is 0 Å². The maximum absolute atomic E-state index is 12.9. The van der Waals surface area contributed by atoms with Gasteiger partial charge in [-0.1, -0.05) is 85.2 Å². The molecule has 0 aliphatic rings. The molecule has 4 atom stereocenters. The van der Waals surface area contributed by atoms with Gasteiger partial charge >= 0.3 is 23.9 Å². The maximum atomic E-state index is 12.9. The van der Waals surface area contributed by atoms with Crippen LogP contribution in [0.25, 0.3) is 0 Å². The second kappa shape index (κ2) is 23.7. The summed E-state index contributed by atoms with van der Waals surface area (Å²) in [5, 5.41) is 0. The Bertz CT molecular complexity index is 617. The normalized spacial score (nSPS) is 14.2. The zero-order chi connectivity index (χ0) is 28.8. The van der Waals surface area contributed by atoms with Gasteiger partial charge in [-0.3, -0.25) is 19.2 Å². The summed E-state index contributed by atoms with van der Waals surface area (Å²) >= 11 is 6.74. The molecule has 0 rings (SSSR count). The summed E-state index contributed by atoms with van der Waals surface area (Å²) in [6, 6.07) is 0. The van der Waals surface area contributed by atoms with Crippen LogP contribution in [0.3, 0.4) is 0 Å². The quantitative estimate of drug-likeness (QED) is 0.0513. The Morgan fingerprint density at radius 2 is 0.763 bits per heavy atom. The molecule has 0 heterocycles. The van der Waals surface area contributed by atoms with Gasteiger partial charge < -0.3 is 18.9 Å². The molecule has 222 valence electrons. The summed E-state index contributed by atoms with van der Waals surface area (Å²) in [6.45, 7) is 9.29.